The van der Waals surface area contributed by atoms with Gasteiger partial charge in [-0.15, -0.1) is 0 Å². The molecule has 2 heterocycles. The molecule has 44 heavy (non-hydrogen) atoms. The molecular weight excluding hydrogens is 570 g/mol. The van der Waals surface area contributed by atoms with Crippen molar-refractivity contribution in [3.05, 3.63) is 60.7 Å². The highest BCUT2D eigenvalue weighted by molar-refractivity contribution is 5.93. The predicted molar refractivity (Wildman–Crippen MR) is 167 cm³/mol. The van der Waals surface area contributed by atoms with Crippen molar-refractivity contribution in [2.75, 3.05) is 63.6 Å². The van der Waals surface area contributed by atoms with E-state index in [1.54, 1.807) is 13.3 Å². The molecule has 0 saturated heterocycles. The van der Waals surface area contributed by atoms with Crippen LogP contribution in [0.2, 0.25) is 0 Å². The van der Waals surface area contributed by atoms with E-state index in [1.165, 1.54) is 29.3 Å². The van der Waals surface area contributed by atoms with E-state index in [4.69, 9.17) is 9.47 Å². The van der Waals surface area contributed by atoms with E-state index in [0.717, 1.165) is 51.8 Å². The molecular formula is C31H40F2N8O3. The van der Waals surface area contributed by atoms with Crippen molar-refractivity contribution in [1.82, 2.24) is 29.5 Å². The van der Waals surface area contributed by atoms with Gasteiger partial charge in [-0.05, 0) is 44.3 Å². The summed E-state index contributed by atoms with van der Waals surface area (Å²) in [4.78, 5) is 26.0. The average Bonchev–Trinajstić information content (AvgIpc) is 3.46. The Balaban J connectivity index is 1.36. The molecule has 0 unspecified atom stereocenters. The molecule has 0 fully saturated rings. The van der Waals surface area contributed by atoms with Crippen LogP contribution < -0.4 is 20.1 Å². The zero-order valence-corrected chi connectivity index (χ0v) is 25.6. The number of rotatable bonds is 17. The summed E-state index contributed by atoms with van der Waals surface area (Å²) >= 11 is 0. The molecule has 4 rings (SSSR count). The lowest BCUT2D eigenvalue weighted by Gasteiger charge is -2.25. The highest BCUT2D eigenvalue weighted by Crippen LogP contribution is 2.34. The second-order valence-corrected chi connectivity index (χ2v) is 10.1. The van der Waals surface area contributed by atoms with Crippen molar-refractivity contribution in [3.63, 3.8) is 0 Å². The lowest BCUT2D eigenvalue weighted by atomic mass is 10.2. The molecule has 0 aliphatic rings. The third-order valence-corrected chi connectivity index (χ3v) is 7.30. The SMILES string of the molecule is CCN(CC)CCN(CC)CCCOc1cc2ncnc(Nc3cnn(CC(=O)Nc4cccc(F)c4F)c3)c2cc1OC. The number of anilines is 3. The molecule has 4 aromatic rings. The molecule has 0 aliphatic heterocycles. The number of amides is 1. The molecule has 2 aromatic heterocycles. The fourth-order valence-electron chi connectivity index (χ4n) is 4.75. The summed E-state index contributed by atoms with van der Waals surface area (Å²) in [5, 5.41) is 10.4. The van der Waals surface area contributed by atoms with Crippen molar-refractivity contribution in [1.29, 1.82) is 0 Å². The third-order valence-electron chi connectivity index (χ3n) is 7.30. The van der Waals surface area contributed by atoms with Gasteiger partial charge in [0.15, 0.2) is 23.1 Å². The maximum absolute atomic E-state index is 13.9. The van der Waals surface area contributed by atoms with E-state index in [-0.39, 0.29) is 12.2 Å². The van der Waals surface area contributed by atoms with Gasteiger partial charge in [0.25, 0.3) is 0 Å². The van der Waals surface area contributed by atoms with E-state index in [2.05, 4.69) is 56.3 Å². The second-order valence-electron chi connectivity index (χ2n) is 10.1. The number of nitrogens with one attached hydrogen (secondary N) is 2. The highest BCUT2D eigenvalue weighted by atomic mass is 19.2. The molecule has 11 nitrogen and oxygen atoms in total. The van der Waals surface area contributed by atoms with E-state index >= 15 is 0 Å². The first-order chi connectivity index (χ1) is 21.3. The number of benzene rings is 2. The van der Waals surface area contributed by atoms with Crippen molar-refractivity contribution < 1.29 is 23.0 Å². The number of hydrogen-bond acceptors (Lipinski definition) is 9. The summed E-state index contributed by atoms with van der Waals surface area (Å²) in [6, 6.07) is 7.23. The number of methoxy groups -OCH3 is 1. The van der Waals surface area contributed by atoms with Crippen LogP contribution in [0.5, 0.6) is 11.5 Å². The predicted octanol–water partition coefficient (Wildman–Crippen LogP) is 4.93. The number of nitrogens with zero attached hydrogens (tertiary/aromatic N) is 6. The molecule has 236 valence electrons. The summed E-state index contributed by atoms with van der Waals surface area (Å²) < 4.78 is 40.4. The smallest absolute Gasteiger partial charge is 0.246 e. The number of hydrogen-bond donors (Lipinski definition) is 2. The van der Waals surface area contributed by atoms with E-state index in [9.17, 15) is 13.6 Å². The third kappa shape index (κ3) is 8.60. The van der Waals surface area contributed by atoms with Crippen LogP contribution in [0.3, 0.4) is 0 Å². The van der Waals surface area contributed by atoms with E-state index in [1.807, 2.05) is 12.1 Å². The Hall–Kier alpha value is -4.36. The molecule has 2 N–H and O–H groups in total. The standard InChI is InChI=1S/C31H40F2N8O3/c1-5-39(6-2)13-14-40(7-3)12-9-15-44-28-17-26-23(16-27(28)43-4)31(35-21-34-26)37-22-18-36-41(19-22)20-29(42)38-25-11-8-10-24(32)30(25)33/h8,10-11,16-19,21H,5-7,9,12-15,20H2,1-4H3,(H,38,42)(H,34,35,37). The van der Waals surface area contributed by atoms with Gasteiger partial charge in [0.1, 0.15) is 18.7 Å². The van der Waals surface area contributed by atoms with Crippen molar-refractivity contribution in [2.45, 2.75) is 33.7 Å². The number of carbonyl (C=O) groups is 1. The van der Waals surface area contributed by atoms with Crippen LogP contribution in [-0.2, 0) is 11.3 Å². The zero-order chi connectivity index (χ0) is 31.5. The minimum Gasteiger partial charge on any atom is -0.493 e. The van der Waals surface area contributed by atoms with E-state index < -0.39 is 17.5 Å². The highest BCUT2D eigenvalue weighted by Gasteiger charge is 2.15. The quantitative estimate of drug-likeness (QED) is 0.161. The molecule has 1 amide bonds. The van der Waals surface area contributed by atoms with Crippen molar-refractivity contribution in [2.24, 2.45) is 0 Å². The minimum atomic E-state index is -1.12. The summed E-state index contributed by atoms with van der Waals surface area (Å²) in [6.07, 6.45) is 5.45. The van der Waals surface area contributed by atoms with Crippen LogP contribution in [0.1, 0.15) is 27.2 Å². The Bertz CT molecular complexity index is 1530. The Labute approximate surface area is 256 Å². The summed E-state index contributed by atoms with van der Waals surface area (Å²) in [7, 11) is 1.59. The lowest BCUT2D eigenvalue weighted by Crippen LogP contribution is -2.35. The molecule has 0 bridgehead atoms. The summed E-state index contributed by atoms with van der Waals surface area (Å²) in [5.41, 5.74) is 0.992. The molecule has 0 radical (unpaired) electrons. The number of aromatic nitrogens is 4. The Morgan fingerprint density at radius 3 is 2.52 bits per heavy atom. The van der Waals surface area contributed by atoms with Crippen molar-refractivity contribution in [3.8, 4) is 11.5 Å². The van der Waals surface area contributed by atoms with Crippen LogP contribution in [0.4, 0.5) is 26.0 Å². The Morgan fingerprint density at radius 2 is 1.77 bits per heavy atom. The average molecular weight is 611 g/mol. The Kier molecular flexibility index (Phi) is 11.8. The lowest BCUT2D eigenvalue weighted by molar-refractivity contribution is -0.116. The summed E-state index contributed by atoms with van der Waals surface area (Å²) in [5.74, 6) is -1.05. The molecule has 0 saturated carbocycles. The molecule has 2 aromatic carbocycles. The monoisotopic (exact) mass is 610 g/mol. The van der Waals surface area contributed by atoms with Crippen LogP contribution in [0.25, 0.3) is 10.9 Å². The Morgan fingerprint density at radius 1 is 1.00 bits per heavy atom. The molecule has 13 heteroatoms. The minimum absolute atomic E-state index is 0.206. The molecule has 0 atom stereocenters. The number of carbonyl (C=O) groups excluding carboxylic acids is 1. The van der Waals surface area contributed by atoms with Gasteiger partial charge >= 0.3 is 0 Å². The molecule has 0 spiro atoms. The first-order valence-corrected chi connectivity index (χ1v) is 14.8. The van der Waals surface area contributed by atoms with Gasteiger partial charge in [0.2, 0.25) is 5.91 Å². The van der Waals surface area contributed by atoms with Gasteiger partial charge in [-0.2, -0.15) is 5.10 Å². The fraction of sp³-hybridized carbons (Fsp3) is 0.419. The second kappa shape index (κ2) is 15.9. The number of fused-ring (bicyclic) bond motifs is 1. The normalized spacial score (nSPS) is 11.4. The largest absolute Gasteiger partial charge is 0.493 e. The van der Waals surface area contributed by atoms with Crippen LogP contribution >= 0.6 is 0 Å². The molecule has 0 aliphatic carbocycles. The van der Waals surface area contributed by atoms with Crippen LogP contribution in [0.15, 0.2) is 49.1 Å². The van der Waals surface area contributed by atoms with Gasteiger partial charge < -0.3 is 29.9 Å². The first kappa shape index (κ1) is 32.6. The van der Waals surface area contributed by atoms with E-state index in [0.29, 0.717) is 40.5 Å². The van der Waals surface area contributed by atoms with Gasteiger partial charge in [-0.3, -0.25) is 9.48 Å². The topological polar surface area (TPSA) is 110 Å². The maximum Gasteiger partial charge on any atom is 0.246 e. The number of ether oxygens (including phenoxy) is 2. The summed E-state index contributed by atoms with van der Waals surface area (Å²) in [6.45, 7) is 13.0. The van der Waals surface area contributed by atoms with Crippen LogP contribution in [0, 0.1) is 11.6 Å². The van der Waals surface area contributed by atoms with Crippen LogP contribution in [-0.4, -0.2) is 88.4 Å². The maximum atomic E-state index is 13.9. The first-order valence-electron chi connectivity index (χ1n) is 14.8. The van der Waals surface area contributed by atoms with Gasteiger partial charge in [0, 0.05) is 37.3 Å². The number of likely N-dealkylation sites (N-methyl/N-ethyl adjacent to an activating group) is 2. The number of halogens is 2. The van der Waals surface area contributed by atoms with Gasteiger partial charge in [0.05, 0.1) is 36.8 Å². The van der Waals surface area contributed by atoms with Crippen molar-refractivity contribution >= 4 is 34.0 Å². The van der Waals surface area contributed by atoms with Gasteiger partial charge in [-0.1, -0.05) is 26.8 Å². The fourth-order valence-corrected chi connectivity index (χ4v) is 4.75. The van der Waals surface area contributed by atoms with Gasteiger partial charge in [-0.25, -0.2) is 18.7 Å². The zero-order valence-electron chi connectivity index (χ0n) is 25.6.